The van der Waals surface area contributed by atoms with Crippen molar-refractivity contribution in [1.29, 1.82) is 0 Å². The topological polar surface area (TPSA) is 149 Å². The zero-order valence-corrected chi connectivity index (χ0v) is 15.0. The van der Waals surface area contributed by atoms with E-state index in [2.05, 4.69) is 20.2 Å². The largest absolute Gasteiger partial charge is 0.418 e. The summed E-state index contributed by atoms with van der Waals surface area (Å²) in [6.45, 7) is 3.12. The van der Waals surface area contributed by atoms with Gasteiger partial charge in [-0.1, -0.05) is 12.1 Å². The third-order valence-corrected chi connectivity index (χ3v) is 5.89. The molecule has 0 amide bonds. The smallest absolute Gasteiger partial charge is 0.270 e. The zero-order chi connectivity index (χ0) is 18.9. The molecular weight excluding hydrogens is 356 g/mol. The van der Waals surface area contributed by atoms with Crippen LogP contribution in [0, 0.1) is 0 Å². The van der Waals surface area contributed by atoms with Crippen molar-refractivity contribution in [3.05, 3.63) is 36.4 Å². The molecule has 0 aliphatic carbocycles. The highest BCUT2D eigenvalue weighted by Gasteiger charge is 2.19. The number of nitrogens with zero attached hydrogens (tertiary/aromatic N) is 4. The molecule has 2 heterocycles. The molecule has 0 spiro atoms. The van der Waals surface area contributed by atoms with Gasteiger partial charge >= 0.3 is 0 Å². The quantitative estimate of drug-likeness (QED) is 0.710. The van der Waals surface area contributed by atoms with Gasteiger partial charge < -0.3 is 10.2 Å². The van der Waals surface area contributed by atoms with Gasteiger partial charge in [-0.2, -0.15) is 0 Å². The molecule has 0 bridgehead atoms. The predicted octanol–water partition coefficient (Wildman–Crippen LogP) is 1.74. The number of nitrogen functional groups attached to an aromatic ring is 1. The molecule has 0 unspecified atom stereocenters. The first-order valence-corrected chi connectivity index (χ1v) is 9.31. The molecule has 0 aliphatic heterocycles. The highest BCUT2D eigenvalue weighted by Crippen LogP contribution is 2.26. The van der Waals surface area contributed by atoms with Crippen molar-refractivity contribution in [1.82, 2.24) is 25.9 Å². The van der Waals surface area contributed by atoms with Gasteiger partial charge in [0.15, 0.2) is 21.3 Å². The van der Waals surface area contributed by atoms with Crippen molar-refractivity contribution >= 4 is 15.7 Å². The SMILES string of the molecule is CC(C)S(=O)(=O)c1ccc(-c2cnc(N)c(-c3nnc(C[NH])o3)n2)cc1. The minimum absolute atomic E-state index is 0.0816. The van der Waals surface area contributed by atoms with E-state index in [1.54, 1.807) is 26.0 Å². The lowest BCUT2D eigenvalue weighted by molar-refractivity contribution is 0.504. The number of hydrogen-bond donors (Lipinski definition) is 1. The molecule has 2 aromatic heterocycles. The molecule has 0 aliphatic rings. The van der Waals surface area contributed by atoms with Crippen LogP contribution in [0.3, 0.4) is 0 Å². The number of nitrogens with two attached hydrogens (primary N) is 1. The summed E-state index contributed by atoms with van der Waals surface area (Å²) in [6.07, 6.45) is 1.48. The van der Waals surface area contributed by atoms with E-state index in [-0.39, 0.29) is 34.7 Å². The van der Waals surface area contributed by atoms with Crippen LogP contribution >= 0.6 is 0 Å². The molecule has 3 aromatic rings. The Kier molecular flexibility index (Phi) is 4.70. The first-order valence-electron chi connectivity index (χ1n) is 7.77. The molecule has 9 nitrogen and oxygen atoms in total. The summed E-state index contributed by atoms with van der Waals surface area (Å²) in [5.74, 6) is 0.348. The molecule has 0 saturated heterocycles. The van der Waals surface area contributed by atoms with Crippen molar-refractivity contribution in [2.75, 3.05) is 5.73 Å². The monoisotopic (exact) mass is 373 g/mol. The fraction of sp³-hybridized carbons (Fsp3) is 0.250. The molecule has 0 fully saturated rings. The van der Waals surface area contributed by atoms with Crippen LogP contribution in [0.1, 0.15) is 19.7 Å². The van der Waals surface area contributed by atoms with E-state index in [1.165, 1.54) is 18.3 Å². The lowest BCUT2D eigenvalue weighted by Gasteiger charge is -2.09. The van der Waals surface area contributed by atoms with Crippen LogP contribution in [0.5, 0.6) is 0 Å². The Morgan fingerprint density at radius 3 is 2.46 bits per heavy atom. The Bertz CT molecular complexity index is 1030. The number of benzene rings is 1. The molecule has 1 radical (unpaired) electrons. The van der Waals surface area contributed by atoms with Gasteiger partial charge in [0.25, 0.3) is 5.89 Å². The number of hydrogen-bond acceptors (Lipinski definition) is 8. The third-order valence-electron chi connectivity index (χ3n) is 3.72. The van der Waals surface area contributed by atoms with Gasteiger partial charge in [0.1, 0.15) is 0 Å². The minimum atomic E-state index is -3.34. The summed E-state index contributed by atoms with van der Waals surface area (Å²) >= 11 is 0. The van der Waals surface area contributed by atoms with Crippen molar-refractivity contribution in [2.45, 2.75) is 30.5 Å². The lowest BCUT2D eigenvalue weighted by Crippen LogP contribution is -2.13. The fourth-order valence-corrected chi connectivity index (χ4v) is 3.26. The van der Waals surface area contributed by atoms with Crippen molar-refractivity contribution in [3.63, 3.8) is 0 Å². The minimum Gasteiger partial charge on any atom is -0.418 e. The molecule has 26 heavy (non-hydrogen) atoms. The van der Waals surface area contributed by atoms with Crippen molar-refractivity contribution in [2.24, 2.45) is 0 Å². The Hall–Kier alpha value is -2.85. The number of nitrogens with one attached hydrogen (secondary N) is 1. The van der Waals surface area contributed by atoms with E-state index in [9.17, 15) is 8.42 Å². The van der Waals surface area contributed by atoms with E-state index in [0.717, 1.165) is 0 Å². The van der Waals surface area contributed by atoms with Gasteiger partial charge in [-0.15, -0.1) is 10.2 Å². The van der Waals surface area contributed by atoms with E-state index in [1.807, 2.05) is 0 Å². The Morgan fingerprint density at radius 1 is 1.19 bits per heavy atom. The molecule has 1 aromatic carbocycles. The molecule has 0 saturated carbocycles. The lowest BCUT2D eigenvalue weighted by atomic mass is 10.1. The van der Waals surface area contributed by atoms with E-state index in [4.69, 9.17) is 15.9 Å². The number of anilines is 1. The highest BCUT2D eigenvalue weighted by atomic mass is 32.2. The molecule has 135 valence electrons. The average Bonchev–Trinajstić information content (AvgIpc) is 3.11. The van der Waals surface area contributed by atoms with E-state index < -0.39 is 15.1 Å². The Labute approximate surface area is 150 Å². The summed E-state index contributed by atoms with van der Waals surface area (Å²) in [7, 11) is -3.34. The van der Waals surface area contributed by atoms with Crippen LogP contribution in [0.2, 0.25) is 0 Å². The van der Waals surface area contributed by atoms with E-state index in [0.29, 0.717) is 11.3 Å². The predicted molar refractivity (Wildman–Crippen MR) is 94.3 cm³/mol. The Balaban J connectivity index is 1.99. The van der Waals surface area contributed by atoms with Crippen LogP contribution in [0.4, 0.5) is 5.82 Å². The maximum atomic E-state index is 12.2. The average molecular weight is 373 g/mol. The second kappa shape index (κ2) is 6.81. The first kappa shape index (κ1) is 18.0. The third kappa shape index (κ3) is 3.28. The van der Waals surface area contributed by atoms with Gasteiger partial charge in [-0.25, -0.2) is 24.1 Å². The summed E-state index contributed by atoms with van der Waals surface area (Å²) in [5, 5.41) is 7.04. The summed E-state index contributed by atoms with van der Waals surface area (Å²) < 4.78 is 29.7. The van der Waals surface area contributed by atoms with Crippen LogP contribution in [0.25, 0.3) is 22.8 Å². The zero-order valence-electron chi connectivity index (χ0n) is 14.2. The van der Waals surface area contributed by atoms with Crippen molar-refractivity contribution in [3.8, 4) is 22.8 Å². The number of rotatable bonds is 5. The maximum Gasteiger partial charge on any atom is 0.270 e. The van der Waals surface area contributed by atoms with Gasteiger partial charge in [0.2, 0.25) is 5.89 Å². The molecule has 3 rings (SSSR count). The number of sulfone groups is 1. The number of aromatic nitrogens is 4. The Morgan fingerprint density at radius 2 is 1.88 bits per heavy atom. The normalized spacial score (nSPS) is 11.8. The van der Waals surface area contributed by atoms with Crippen molar-refractivity contribution < 1.29 is 12.8 Å². The molecule has 10 heteroatoms. The van der Waals surface area contributed by atoms with E-state index >= 15 is 0 Å². The second-order valence-electron chi connectivity index (χ2n) is 5.78. The standard InChI is InChI=1S/C16H17N6O3S/c1-9(2)26(23,24)11-5-3-10(4-6-11)12-8-19-15(18)14(20-12)16-22-21-13(7-17)25-16/h3-6,8-9,17H,7H2,1-2H3,(H2,18,19). The summed E-state index contributed by atoms with van der Waals surface area (Å²) in [6, 6.07) is 6.38. The fourth-order valence-electron chi connectivity index (χ4n) is 2.20. The van der Waals surface area contributed by atoms with Crippen LogP contribution < -0.4 is 11.5 Å². The molecule has 0 atom stereocenters. The van der Waals surface area contributed by atoms with Crippen LogP contribution in [-0.2, 0) is 16.4 Å². The first-order chi connectivity index (χ1) is 12.3. The highest BCUT2D eigenvalue weighted by molar-refractivity contribution is 7.92. The van der Waals surface area contributed by atoms with Gasteiger partial charge in [-0.3, -0.25) is 0 Å². The second-order valence-corrected chi connectivity index (χ2v) is 8.29. The van der Waals surface area contributed by atoms with Gasteiger partial charge in [0.05, 0.1) is 28.6 Å². The molecular formula is C16H17N6O3S. The summed E-state index contributed by atoms with van der Waals surface area (Å²) in [4.78, 5) is 8.73. The van der Waals surface area contributed by atoms with Crippen LogP contribution in [-0.4, -0.2) is 33.8 Å². The molecule has 3 N–H and O–H groups in total. The van der Waals surface area contributed by atoms with Gasteiger partial charge in [-0.05, 0) is 26.0 Å². The van der Waals surface area contributed by atoms with Gasteiger partial charge in [0, 0.05) is 5.56 Å². The summed E-state index contributed by atoms with van der Waals surface area (Å²) in [5.41, 5.74) is 14.4. The maximum absolute atomic E-state index is 12.2. The van der Waals surface area contributed by atoms with Crippen LogP contribution in [0.15, 0.2) is 39.8 Å².